The molecule has 0 unspecified atom stereocenters. The van der Waals surface area contributed by atoms with E-state index in [1.54, 1.807) is 0 Å². The van der Waals surface area contributed by atoms with Gasteiger partial charge in [0.15, 0.2) is 0 Å². The average molecular weight is 233 g/mol. The summed E-state index contributed by atoms with van der Waals surface area (Å²) in [6, 6.07) is 4.39. The van der Waals surface area contributed by atoms with Crippen LogP contribution in [0.2, 0.25) is 0 Å². The fourth-order valence-electron chi connectivity index (χ4n) is 2.11. The molecule has 0 atom stereocenters. The zero-order valence-corrected chi connectivity index (χ0v) is 11.2. The van der Waals surface area contributed by atoms with Crippen LogP contribution in [0.5, 0.6) is 0 Å². The van der Waals surface area contributed by atoms with Gasteiger partial charge in [-0.25, -0.2) is 0 Å². The van der Waals surface area contributed by atoms with Crippen LogP contribution in [0.15, 0.2) is 18.3 Å². The molecule has 2 heterocycles. The van der Waals surface area contributed by atoms with Crippen molar-refractivity contribution in [2.75, 3.05) is 33.2 Å². The van der Waals surface area contributed by atoms with Crippen molar-refractivity contribution >= 4 is 0 Å². The van der Waals surface area contributed by atoms with Gasteiger partial charge in [0.25, 0.3) is 0 Å². The monoisotopic (exact) mass is 233 g/mol. The first-order valence-corrected chi connectivity index (χ1v) is 6.51. The Hall–Kier alpha value is -0.930. The van der Waals surface area contributed by atoms with E-state index in [2.05, 4.69) is 47.8 Å². The molecule has 1 fully saturated rings. The van der Waals surface area contributed by atoms with E-state index in [4.69, 9.17) is 0 Å². The molecule has 2 rings (SSSR count). The minimum atomic E-state index is 0.570. The molecular formula is C14H23N3. The maximum absolute atomic E-state index is 4.56. The van der Waals surface area contributed by atoms with Crippen molar-refractivity contribution in [3.8, 4) is 0 Å². The fourth-order valence-corrected chi connectivity index (χ4v) is 2.11. The molecule has 3 nitrogen and oxygen atoms in total. The van der Waals surface area contributed by atoms with E-state index in [1.165, 1.54) is 24.3 Å². The number of aromatic nitrogens is 1. The van der Waals surface area contributed by atoms with E-state index in [0.29, 0.717) is 5.92 Å². The number of piperazine rings is 1. The van der Waals surface area contributed by atoms with Gasteiger partial charge in [-0.15, -0.1) is 0 Å². The average Bonchev–Trinajstić information content (AvgIpc) is 2.33. The zero-order valence-electron chi connectivity index (χ0n) is 11.2. The lowest BCUT2D eigenvalue weighted by Gasteiger charge is -2.32. The Morgan fingerprint density at radius 3 is 2.41 bits per heavy atom. The molecule has 0 aromatic carbocycles. The van der Waals surface area contributed by atoms with Crippen molar-refractivity contribution in [3.05, 3.63) is 29.6 Å². The summed E-state index contributed by atoms with van der Waals surface area (Å²) in [6.07, 6.45) is 2.02. The molecule has 0 radical (unpaired) electrons. The van der Waals surface area contributed by atoms with Gasteiger partial charge in [0, 0.05) is 38.9 Å². The highest BCUT2D eigenvalue weighted by atomic mass is 15.2. The summed E-state index contributed by atoms with van der Waals surface area (Å²) >= 11 is 0. The summed E-state index contributed by atoms with van der Waals surface area (Å²) in [5.74, 6) is 0.570. The Bertz CT molecular complexity index is 337. The third-order valence-corrected chi connectivity index (χ3v) is 3.50. The van der Waals surface area contributed by atoms with Crippen molar-refractivity contribution in [2.45, 2.75) is 26.3 Å². The molecule has 0 amide bonds. The molecule has 3 heteroatoms. The van der Waals surface area contributed by atoms with Crippen LogP contribution in [0.25, 0.3) is 0 Å². The first-order chi connectivity index (χ1) is 8.15. The summed E-state index contributed by atoms with van der Waals surface area (Å²) in [5.41, 5.74) is 2.52. The van der Waals surface area contributed by atoms with Crippen molar-refractivity contribution in [1.29, 1.82) is 0 Å². The third-order valence-electron chi connectivity index (χ3n) is 3.50. The maximum Gasteiger partial charge on any atom is 0.0544 e. The number of rotatable bonds is 3. The largest absolute Gasteiger partial charge is 0.304 e. The van der Waals surface area contributed by atoms with Crippen molar-refractivity contribution in [1.82, 2.24) is 14.8 Å². The molecule has 1 saturated heterocycles. The second kappa shape index (κ2) is 5.61. The summed E-state index contributed by atoms with van der Waals surface area (Å²) < 4.78 is 0. The highest BCUT2D eigenvalue weighted by molar-refractivity contribution is 5.17. The second-order valence-corrected chi connectivity index (χ2v) is 5.32. The van der Waals surface area contributed by atoms with Crippen LogP contribution in [0.1, 0.15) is 31.0 Å². The van der Waals surface area contributed by atoms with E-state index in [1.807, 2.05) is 6.20 Å². The highest BCUT2D eigenvalue weighted by Gasteiger charge is 2.14. The van der Waals surface area contributed by atoms with Crippen LogP contribution in [0.4, 0.5) is 0 Å². The number of pyridine rings is 1. The van der Waals surface area contributed by atoms with Gasteiger partial charge in [0.2, 0.25) is 0 Å². The summed E-state index contributed by atoms with van der Waals surface area (Å²) in [5, 5.41) is 0. The molecule has 1 aromatic rings. The van der Waals surface area contributed by atoms with Crippen LogP contribution >= 0.6 is 0 Å². The molecule has 0 aliphatic carbocycles. The van der Waals surface area contributed by atoms with Crippen LogP contribution in [-0.2, 0) is 6.54 Å². The van der Waals surface area contributed by atoms with Gasteiger partial charge in [-0.2, -0.15) is 0 Å². The smallest absolute Gasteiger partial charge is 0.0544 e. The number of hydrogen-bond donors (Lipinski definition) is 0. The van der Waals surface area contributed by atoms with Crippen LogP contribution in [0, 0.1) is 0 Å². The molecule has 0 saturated carbocycles. The summed E-state index contributed by atoms with van der Waals surface area (Å²) in [4.78, 5) is 9.42. The Morgan fingerprint density at radius 2 is 1.88 bits per heavy atom. The zero-order chi connectivity index (χ0) is 12.3. The van der Waals surface area contributed by atoms with E-state index in [0.717, 1.165) is 19.6 Å². The van der Waals surface area contributed by atoms with E-state index in [9.17, 15) is 0 Å². The van der Waals surface area contributed by atoms with Crippen molar-refractivity contribution in [3.63, 3.8) is 0 Å². The summed E-state index contributed by atoms with van der Waals surface area (Å²) in [6.45, 7) is 10.1. The molecule has 94 valence electrons. The highest BCUT2D eigenvalue weighted by Crippen LogP contribution is 2.13. The maximum atomic E-state index is 4.56. The van der Waals surface area contributed by atoms with Crippen LogP contribution in [0.3, 0.4) is 0 Å². The topological polar surface area (TPSA) is 19.4 Å². The van der Waals surface area contributed by atoms with Gasteiger partial charge < -0.3 is 4.90 Å². The van der Waals surface area contributed by atoms with Gasteiger partial charge in [-0.3, -0.25) is 9.88 Å². The Morgan fingerprint density at radius 1 is 1.18 bits per heavy atom. The molecule has 1 aliphatic rings. The fraction of sp³-hybridized carbons (Fsp3) is 0.643. The lowest BCUT2D eigenvalue weighted by atomic mass is 10.1. The van der Waals surface area contributed by atoms with Crippen molar-refractivity contribution < 1.29 is 0 Å². The molecule has 17 heavy (non-hydrogen) atoms. The van der Waals surface area contributed by atoms with E-state index >= 15 is 0 Å². The van der Waals surface area contributed by atoms with Crippen molar-refractivity contribution in [2.24, 2.45) is 0 Å². The first-order valence-electron chi connectivity index (χ1n) is 6.51. The summed E-state index contributed by atoms with van der Waals surface area (Å²) in [7, 11) is 2.19. The molecule has 1 aliphatic heterocycles. The number of hydrogen-bond acceptors (Lipinski definition) is 3. The quantitative estimate of drug-likeness (QED) is 0.795. The Labute approximate surface area is 104 Å². The predicted octanol–water partition coefficient (Wildman–Crippen LogP) is 1.95. The molecule has 0 N–H and O–H groups in total. The van der Waals surface area contributed by atoms with Gasteiger partial charge >= 0.3 is 0 Å². The number of likely N-dealkylation sites (N-methyl/N-ethyl adjacent to an activating group) is 1. The van der Waals surface area contributed by atoms with Gasteiger partial charge in [0.1, 0.15) is 0 Å². The first kappa shape index (κ1) is 12.5. The SMILES string of the molecule is CC(C)c1ccc(CN2CCN(C)CC2)nc1. The number of nitrogens with zero attached hydrogens (tertiary/aromatic N) is 3. The molecular weight excluding hydrogens is 210 g/mol. The van der Waals surface area contributed by atoms with Gasteiger partial charge in [-0.1, -0.05) is 19.9 Å². The van der Waals surface area contributed by atoms with E-state index in [-0.39, 0.29) is 0 Å². The normalized spacial score (nSPS) is 18.8. The standard InChI is InChI=1S/C14H23N3/c1-12(2)13-4-5-14(15-10-13)11-17-8-6-16(3)7-9-17/h4-5,10,12H,6-9,11H2,1-3H3. The van der Waals surface area contributed by atoms with E-state index < -0.39 is 0 Å². The lowest BCUT2D eigenvalue weighted by Crippen LogP contribution is -2.44. The van der Waals surface area contributed by atoms with Gasteiger partial charge in [-0.05, 0) is 24.6 Å². The predicted molar refractivity (Wildman–Crippen MR) is 71.1 cm³/mol. The van der Waals surface area contributed by atoms with Gasteiger partial charge in [0.05, 0.1) is 5.69 Å². The second-order valence-electron chi connectivity index (χ2n) is 5.32. The Balaban J connectivity index is 1.90. The van der Waals surface area contributed by atoms with Crippen LogP contribution < -0.4 is 0 Å². The Kier molecular flexibility index (Phi) is 4.13. The third kappa shape index (κ3) is 3.51. The van der Waals surface area contributed by atoms with Crippen LogP contribution in [-0.4, -0.2) is 48.0 Å². The minimum absolute atomic E-state index is 0.570. The minimum Gasteiger partial charge on any atom is -0.304 e. The lowest BCUT2D eigenvalue weighted by molar-refractivity contribution is 0.147. The molecule has 1 aromatic heterocycles. The molecule has 0 bridgehead atoms. The molecule has 0 spiro atoms.